The lowest BCUT2D eigenvalue weighted by atomic mass is 10.5. The number of halogens is 3. The van der Waals surface area contributed by atoms with Crippen LogP contribution in [0.2, 0.25) is 0 Å². The van der Waals surface area contributed by atoms with Gasteiger partial charge in [-0.15, -0.1) is 0 Å². The molecule has 0 aromatic carbocycles. The molecule has 0 rings (SSSR count). The van der Waals surface area contributed by atoms with Crippen LogP contribution < -0.4 is 0 Å². The highest BCUT2D eigenvalue weighted by Gasteiger charge is 2.47. The van der Waals surface area contributed by atoms with Crippen LogP contribution in [0.5, 0.6) is 0 Å². The summed E-state index contributed by atoms with van der Waals surface area (Å²) in [7, 11) is -8.94. The summed E-state index contributed by atoms with van der Waals surface area (Å²) in [6.45, 7) is -0.811. The maximum atomic E-state index is 11.7. The van der Waals surface area contributed by atoms with E-state index in [0.717, 1.165) is 6.26 Å². The van der Waals surface area contributed by atoms with Gasteiger partial charge < -0.3 is 0 Å². The highest BCUT2D eigenvalue weighted by molar-refractivity contribution is 7.90. The van der Waals surface area contributed by atoms with Crippen LogP contribution in [0.4, 0.5) is 13.2 Å². The highest BCUT2D eigenvalue weighted by Crippen LogP contribution is 2.24. The SMILES string of the molecule is CS(=O)(=O)CCCOS(=O)(=O)C(F)(F)F. The van der Waals surface area contributed by atoms with Gasteiger partial charge in [0, 0.05) is 6.26 Å². The topological polar surface area (TPSA) is 77.5 Å². The van der Waals surface area contributed by atoms with Crippen LogP contribution in [-0.4, -0.2) is 41.0 Å². The van der Waals surface area contributed by atoms with E-state index in [0.29, 0.717) is 0 Å². The second kappa shape index (κ2) is 4.66. The molecule has 0 atom stereocenters. The monoisotopic (exact) mass is 270 g/mol. The fourth-order valence-electron chi connectivity index (χ4n) is 0.557. The molecular formula is C5H9F3O5S2. The predicted octanol–water partition coefficient (Wildman–Crippen LogP) is 0.287. The summed E-state index contributed by atoms with van der Waals surface area (Å²) in [4.78, 5) is 0. The van der Waals surface area contributed by atoms with Crippen molar-refractivity contribution in [3.63, 3.8) is 0 Å². The van der Waals surface area contributed by atoms with Crippen molar-refractivity contribution in [3.8, 4) is 0 Å². The number of sulfone groups is 1. The van der Waals surface area contributed by atoms with Crippen LogP contribution in [0, 0.1) is 0 Å². The van der Waals surface area contributed by atoms with Crippen molar-refractivity contribution >= 4 is 20.0 Å². The van der Waals surface area contributed by atoms with Crippen LogP contribution in [0.3, 0.4) is 0 Å². The average molecular weight is 270 g/mol. The number of hydrogen-bond donors (Lipinski definition) is 0. The highest BCUT2D eigenvalue weighted by atomic mass is 32.2. The first-order valence-corrected chi connectivity index (χ1v) is 7.06. The number of rotatable bonds is 5. The Labute approximate surface area is 85.3 Å². The van der Waals surface area contributed by atoms with Crippen molar-refractivity contribution in [2.24, 2.45) is 0 Å². The van der Waals surface area contributed by atoms with Crippen LogP contribution in [-0.2, 0) is 24.1 Å². The molecule has 0 aliphatic rings. The molecule has 0 amide bonds. The number of hydrogen-bond acceptors (Lipinski definition) is 5. The third-order valence-corrected chi connectivity index (χ3v) is 3.26. The Morgan fingerprint density at radius 2 is 1.60 bits per heavy atom. The molecule has 0 aliphatic carbocycles. The van der Waals surface area contributed by atoms with E-state index in [-0.39, 0.29) is 6.42 Å². The zero-order valence-corrected chi connectivity index (χ0v) is 9.25. The summed E-state index contributed by atoms with van der Waals surface area (Å²) in [6, 6.07) is 0. The van der Waals surface area contributed by atoms with E-state index in [1.165, 1.54) is 0 Å². The summed E-state index contributed by atoms with van der Waals surface area (Å²) in [5.41, 5.74) is -5.47. The maximum absolute atomic E-state index is 11.7. The number of alkyl halides is 3. The Hall–Kier alpha value is -0.350. The van der Waals surface area contributed by atoms with Gasteiger partial charge >= 0.3 is 15.6 Å². The van der Waals surface area contributed by atoms with E-state index in [4.69, 9.17) is 0 Å². The Kier molecular flexibility index (Phi) is 4.55. The van der Waals surface area contributed by atoms with Crippen LogP contribution in [0.15, 0.2) is 0 Å². The molecule has 0 heterocycles. The second-order valence-corrected chi connectivity index (χ2v) is 6.57. The van der Waals surface area contributed by atoms with Gasteiger partial charge in [-0.25, -0.2) is 8.42 Å². The summed E-state index contributed by atoms with van der Waals surface area (Å²) in [5.74, 6) is -0.430. The van der Waals surface area contributed by atoms with Crippen molar-refractivity contribution in [1.29, 1.82) is 0 Å². The summed E-state index contributed by atoms with van der Waals surface area (Å²) in [5, 5.41) is 0. The van der Waals surface area contributed by atoms with Gasteiger partial charge in [-0.05, 0) is 6.42 Å². The van der Waals surface area contributed by atoms with Crippen molar-refractivity contribution < 1.29 is 34.2 Å². The fourth-order valence-corrected chi connectivity index (χ4v) is 1.67. The zero-order chi connectivity index (χ0) is 12.3. The van der Waals surface area contributed by atoms with E-state index >= 15 is 0 Å². The van der Waals surface area contributed by atoms with E-state index in [1.54, 1.807) is 0 Å². The fraction of sp³-hybridized carbons (Fsp3) is 1.00. The molecule has 0 aromatic rings. The molecule has 10 heteroatoms. The molecule has 0 saturated carbocycles. The zero-order valence-electron chi connectivity index (χ0n) is 7.61. The molecule has 0 bridgehead atoms. The lowest BCUT2D eigenvalue weighted by Gasteiger charge is -2.07. The molecule has 0 radical (unpaired) electrons. The first-order chi connectivity index (χ1) is 6.46. The maximum Gasteiger partial charge on any atom is 0.523 e. The smallest absolute Gasteiger partial charge is 0.263 e. The molecule has 0 aliphatic heterocycles. The van der Waals surface area contributed by atoms with Gasteiger partial charge in [0.25, 0.3) is 0 Å². The quantitative estimate of drug-likeness (QED) is 0.407. The first-order valence-electron chi connectivity index (χ1n) is 3.59. The summed E-state index contributed by atoms with van der Waals surface area (Å²) >= 11 is 0. The van der Waals surface area contributed by atoms with Crippen LogP contribution in [0.1, 0.15) is 6.42 Å². The minimum Gasteiger partial charge on any atom is -0.263 e. The second-order valence-electron chi connectivity index (χ2n) is 2.71. The molecule has 0 aromatic heterocycles. The molecule has 0 saturated heterocycles. The molecule has 0 fully saturated rings. The van der Waals surface area contributed by atoms with E-state index in [2.05, 4.69) is 4.18 Å². The van der Waals surface area contributed by atoms with Gasteiger partial charge in [-0.3, -0.25) is 4.18 Å². The molecule has 15 heavy (non-hydrogen) atoms. The van der Waals surface area contributed by atoms with Crippen molar-refractivity contribution in [2.75, 3.05) is 18.6 Å². The molecule has 0 spiro atoms. The van der Waals surface area contributed by atoms with Crippen molar-refractivity contribution in [2.45, 2.75) is 11.9 Å². The predicted molar refractivity (Wildman–Crippen MR) is 45.3 cm³/mol. The van der Waals surface area contributed by atoms with Gasteiger partial charge in [0.05, 0.1) is 12.4 Å². The standard InChI is InChI=1S/C5H9F3O5S2/c1-14(9,10)4-2-3-13-15(11,12)5(6,7)8/h2-4H2,1H3. The van der Waals surface area contributed by atoms with Crippen LogP contribution in [0.25, 0.3) is 0 Å². The average Bonchev–Trinajstić information content (AvgIpc) is 1.94. The Morgan fingerprint density at radius 1 is 1.13 bits per heavy atom. The lowest BCUT2D eigenvalue weighted by molar-refractivity contribution is -0.0541. The van der Waals surface area contributed by atoms with Gasteiger partial charge in [-0.1, -0.05) is 0 Å². The van der Waals surface area contributed by atoms with E-state index in [9.17, 15) is 30.0 Å². The van der Waals surface area contributed by atoms with Gasteiger partial charge in [0.1, 0.15) is 9.84 Å². The van der Waals surface area contributed by atoms with E-state index in [1.807, 2.05) is 0 Å². The third kappa shape index (κ3) is 5.95. The van der Waals surface area contributed by atoms with Crippen LogP contribution >= 0.6 is 0 Å². The van der Waals surface area contributed by atoms with Crippen molar-refractivity contribution in [3.05, 3.63) is 0 Å². The minimum absolute atomic E-state index is 0.311. The largest absolute Gasteiger partial charge is 0.523 e. The Morgan fingerprint density at radius 3 is 1.93 bits per heavy atom. The third-order valence-electron chi connectivity index (χ3n) is 1.18. The normalized spacial score (nSPS) is 14.1. The minimum atomic E-state index is -5.61. The summed E-state index contributed by atoms with van der Waals surface area (Å²) < 4.78 is 80.2. The van der Waals surface area contributed by atoms with E-state index < -0.39 is 37.8 Å². The lowest BCUT2D eigenvalue weighted by Crippen LogP contribution is -2.26. The van der Waals surface area contributed by atoms with Gasteiger partial charge in [-0.2, -0.15) is 21.6 Å². The van der Waals surface area contributed by atoms with Gasteiger partial charge in [0.2, 0.25) is 0 Å². The first kappa shape index (κ1) is 14.6. The molecule has 0 N–H and O–H groups in total. The Bertz CT molecular complexity index is 393. The molecule has 92 valence electrons. The Balaban J connectivity index is 4.10. The van der Waals surface area contributed by atoms with Crippen molar-refractivity contribution in [1.82, 2.24) is 0 Å². The molecule has 0 unspecified atom stereocenters. The van der Waals surface area contributed by atoms with Gasteiger partial charge in [0.15, 0.2) is 0 Å². The molecular weight excluding hydrogens is 261 g/mol. The summed E-state index contributed by atoms with van der Waals surface area (Å²) in [6.07, 6.45) is 0.569. The molecule has 5 nitrogen and oxygen atoms in total.